The zero-order chi connectivity index (χ0) is 22.2. The van der Waals surface area contributed by atoms with E-state index in [9.17, 15) is 4.39 Å². The van der Waals surface area contributed by atoms with E-state index in [0.29, 0.717) is 12.1 Å². The lowest BCUT2D eigenvalue weighted by Gasteiger charge is -2.13. The SMILES string of the molecule is Cl.Fc1ccccc1COc1ccc(Br)cc1CNCCSc1nnnn1-c1ccccc1. The highest BCUT2D eigenvalue weighted by Crippen LogP contribution is 2.25. The van der Waals surface area contributed by atoms with Crippen molar-refractivity contribution < 1.29 is 9.13 Å². The van der Waals surface area contributed by atoms with E-state index in [0.717, 1.165) is 38.9 Å². The Morgan fingerprint density at radius 1 is 1.00 bits per heavy atom. The standard InChI is InChI=1S/C23H21BrFN5OS.ClH/c24-19-10-11-22(31-16-17-6-4-5-9-21(17)25)18(14-19)15-26-12-13-32-23-27-28-29-30(23)20-7-2-1-3-8-20;/h1-11,14,26H,12-13,15-16H2;1H. The quantitative estimate of drug-likeness (QED) is 0.209. The van der Waals surface area contributed by atoms with Crippen molar-refractivity contribution in [3.05, 3.63) is 94.2 Å². The lowest BCUT2D eigenvalue weighted by Crippen LogP contribution is -2.17. The Hall–Kier alpha value is -2.46. The van der Waals surface area contributed by atoms with Crippen LogP contribution in [-0.4, -0.2) is 32.5 Å². The first-order chi connectivity index (χ1) is 15.7. The molecule has 0 amide bonds. The summed E-state index contributed by atoms with van der Waals surface area (Å²) in [6, 6.07) is 22.3. The summed E-state index contributed by atoms with van der Waals surface area (Å²) in [7, 11) is 0. The van der Waals surface area contributed by atoms with Gasteiger partial charge in [-0.15, -0.1) is 17.5 Å². The van der Waals surface area contributed by atoms with E-state index in [2.05, 4.69) is 36.8 Å². The number of nitrogens with zero attached hydrogens (tertiary/aromatic N) is 4. The highest BCUT2D eigenvalue weighted by atomic mass is 79.9. The van der Waals surface area contributed by atoms with Crippen molar-refractivity contribution in [2.45, 2.75) is 18.3 Å². The first-order valence-electron chi connectivity index (χ1n) is 10.0. The van der Waals surface area contributed by atoms with Crippen molar-refractivity contribution in [3.8, 4) is 11.4 Å². The Bertz CT molecular complexity index is 1160. The molecule has 4 rings (SSSR count). The number of halogens is 3. The van der Waals surface area contributed by atoms with E-state index in [1.54, 1.807) is 34.6 Å². The molecule has 0 aliphatic rings. The largest absolute Gasteiger partial charge is 0.488 e. The van der Waals surface area contributed by atoms with Crippen LogP contribution in [0.4, 0.5) is 4.39 Å². The maximum Gasteiger partial charge on any atom is 0.214 e. The Balaban J connectivity index is 0.00000306. The van der Waals surface area contributed by atoms with Crippen molar-refractivity contribution in [1.82, 2.24) is 25.5 Å². The molecule has 172 valence electrons. The van der Waals surface area contributed by atoms with Crippen molar-refractivity contribution in [1.29, 1.82) is 0 Å². The van der Waals surface area contributed by atoms with Gasteiger partial charge in [0, 0.05) is 34.4 Å². The fourth-order valence-corrected chi connectivity index (χ4v) is 4.23. The van der Waals surface area contributed by atoms with Gasteiger partial charge in [-0.3, -0.25) is 0 Å². The van der Waals surface area contributed by atoms with Crippen molar-refractivity contribution in [2.75, 3.05) is 12.3 Å². The molecule has 0 fully saturated rings. The van der Waals surface area contributed by atoms with Gasteiger partial charge < -0.3 is 10.1 Å². The monoisotopic (exact) mass is 549 g/mol. The smallest absolute Gasteiger partial charge is 0.214 e. The van der Waals surface area contributed by atoms with E-state index < -0.39 is 0 Å². The molecule has 3 aromatic carbocycles. The van der Waals surface area contributed by atoms with E-state index in [4.69, 9.17) is 4.74 Å². The van der Waals surface area contributed by atoms with Crippen LogP contribution in [0.1, 0.15) is 11.1 Å². The van der Waals surface area contributed by atoms with Crippen LogP contribution in [0, 0.1) is 5.82 Å². The first kappa shape index (κ1) is 25.2. The molecule has 0 radical (unpaired) electrons. The second kappa shape index (κ2) is 12.7. The summed E-state index contributed by atoms with van der Waals surface area (Å²) < 4.78 is 22.5. The van der Waals surface area contributed by atoms with Crippen LogP contribution in [0.3, 0.4) is 0 Å². The van der Waals surface area contributed by atoms with Crippen LogP contribution < -0.4 is 10.1 Å². The zero-order valence-corrected chi connectivity index (χ0v) is 20.7. The molecule has 33 heavy (non-hydrogen) atoms. The molecule has 6 nitrogen and oxygen atoms in total. The molecule has 0 atom stereocenters. The predicted molar refractivity (Wildman–Crippen MR) is 134 cm³/mol. The third kappa shape index (κ3) is 7.01. The van der Waals surface area contributed by atoms with Gasteiger partial charge >= 0.3 is 0 Å². The number of rotatable bonds is 10. The van der Waals surface area contributed by atoms with E-state index in [1.807, 2.05) is 48.5 Å². The summed E-state index contributed by atoms with van der Waals surface area (Å²) in [5.41, 5.74) is 2.45. The van der Waals surface area contributed by atoms with Gasteiger partial charge in [0.25, 0.3) is 0 Å². The van der Waals surface area contributed by atoms with Crippen LogP contribution in [0.25, 0.3) is 5.69 Å². The summed E-state index contributed by atoms with van der Waals surface area (Å²) in [5, 5.41) is 16.1. The summed E-state index contributed by atoms with van der Waals surface area (Å²) >= 11 is 5.09. The first-order valence-corrected chi connectivity index (χ1v) is 11.8. The number of tetrazole rings is 1. The Morgan fingerprint density at radius 3 is 2.61 bits per heavy atom. The minimum Gasteiger partial charge on any atom is -0.488 e. The van der Waals surface area contributed by atoms with E-state index in [1.165, 1.54) is 6.07 Å². The van der Waals surface area contributed by atoms with Crippen molar-refractivity contribution >= 4 is 40.1 Å². The molecule has 0 saturated heterocycles. The summed E-state index contributed by atoms with van der Waals surface area (Å²) in [5.74, 6) is 1.26. The van der Waals surface area contributed by atoms with E-state index in [-0.39, 0.29) is 24.8 Å². The van der Waals surface area contributed by atoms with Gasteiger partial charge in [-0.05, 0) is 46.8 Å². The van der Waals surface area contributed by atoms with Gasteiger partial charge in [-0.2, -0.15) is 4.68 Å². The van der Waals surface area contributed by atoms with Crippen LogP contribution in [0.5, 0.6) is 5.75 Å². The average molecular weight is 551 g/mol. The number of thioether (sulfide) groups is 1. The number of para-hydroxylation sites is 1. The molecule has 1 aromatic heterocycles. The minimum atomic E-state index is -0.265. The van der Waals surface area contributed by atoms with Gasteiger partial charge in [0.05, 0.1) is 5.69 Å². The number of benzene rings is 3. The molecular weight excluding hydrogens is 529 g/mol. The van der Waals surface area contributed by atoms with Crippen LogP contribution in [0.15, 0.2) is 82.4 Å². The minimum absolute atomic E-state index is 0. The molecule has 0 aliphatic heterocycles. The number of nitrogens with one attached hydrogen (secondary N) is 1. The predicted octanol–water partition coefficient (Wildman–Crippen LogP) is 5.45. The Kier molecular flexibility index (Phi) is 9.68. The molecule has 0 aliphatic carbocycles. The van der Waals surface area contributed by atoms with Crippen LogP contribution >= 0.6 is 40.1 Å². The molecule has 1 heterocycles. The topological polar surface area (TPSA) is 64.9 Å². The van der Waals surface area contributed by atoms with Gasteiger partial charge in [0.1, 0.15) is 18.2 Å². The lowest BCUT2D eigenvalue weighted by atomic mass is 10.2. The number of aromatic nitrogens is 4. The highest BCUT2D eigenvalue weighted by Gasteiger charge is 2.10. The number of hydrogen-bond acceptors (Lipinski definition) is 6. The summed E-state index contributed by atoms with van der Waals surface area (Å²) in [4.78, 5) is 0. The van der Waals surface area contributed by atoms with Gasteiger partial charge in [-0.25, -0.2) is 4.39 Å². The summed E-state index contributed by atoms with van der Waals surface area (Å²) in [6.07, 6.45) is 0. The Morgan fingerprint density at radius 2 is 1.79 bits per heavy atom. The van der Waals surface area contributed by atoms with E-state index >= 15 is 0 Å². The fraction of sp³-hybridized carbons (Fsp3) is 0.174. The number of hydrogen-bond donors (Lipinski definition) is 1. The number of ether oxygens (including phenoxy) is 1. The van der Waals surface area contributed by atoms with Crippen LogP contribution in [-0.2, 0) is 13.2 Å². The third-order valence-electron chi connectivity index (χ3n) is 4.63. The molecule has 0 bridgehead atoms. The maximum absolute atomic E-state index is 13.9. The fourth-order valence-electron chi connectivity index (χ4n) is 3.04. The van der Waals surface area contributed by atoms with Gasteiger partial charge in [0.15, 0.2) is 0 Å². The molecule has 0 unspecified atom stereocenters. The highest BCUT2D eigenvalue weighted by molar-refractivity contribution is 9.10. The van der Waals surface area contributed by atoms with Gasteiger partial charge in [-0.1, -0.05) is 64.1 Å². The van der Waals surface area contributed by atoms with Crippen molar-refractivity contribution in [2.24, 2.45) is 0 Å². The maximum atomic E-state index is 13.9. The average Bonchev–Trinajstić information content (AvgIpc) is 3.28. The Labute approximate surface area is 210 Å². The molecular formula is C23H22BrClFN5OS. The second-order valence-electron chi connectivity index (χ2n) is 6.87. The van der Waals surface area contributed by atoms with Crippen molar-refractivity contribution in [3.63, 3.8) is 0 Å². The van der Waals surface area contributed by atoms with Crippen LogP contribution in [0.2, 0.25) is 0 Å². The second-order valence-corrected chi connectivity index (χ2v) is 8.84. The lowest BCUT2D eigenvalue weighted by molar-refractivity contribution is 0.296. The molecule has 1 N–H and O–H groups in total. The summed E-state index contributed by atoms with van der Waals surface area (Å²) in [6.45, 7) is 1.56. The molecule has 0 spiro atoms. The zero-order valence-electron chi connectivity index (χ0n) is 17.5. The van der Waals surface area contributed by atoms with Gasteiger partial charge in [0.2, 0.25) is 5.16 Å². The molecule has 4 aromatic rings. The normalized spacial score (nSPS) is 10.6. The molecule has 10 heteroatoms. The molecule has 0 saturated carbocycles. The third-order valence-corrected chi connectivity index (χ3v) is 6.04.